The molecule has 2 aromatic carbocycles. The van der Waals surface area contributed by atoms with Gasteiger partial charge in [0.15, 0.2) is 15.0 Å². The molecule has 0 bridgehead atoms. The quantitative estimate of drug-likeness (QED) is 0.690. The number of sulfone groups is 1. The van der Waals surface area contributed by atoms with E-state index in [0.29, 0.717) is 22.3 Å². The highest BCUT2D eigenvalue weighted by molar-refractivity contribution is 8.13. The van der Waals surface area contributed by atoms with Crippen LogP contribution in [0.25, 0.3) is 0 Å². The second kappa shape index (κ2) is 8.08. The monoisotopic (exact) mass is 452 g/mol. The van der Waals surface area contributed by atoms with Crippen molar-refractivity contribution >= 4 is 44.1 Å². The minimum absolute atomic E-state index is 0.0711. The fourth-order valence-electron chi connectivity index (χ4n) is 3.67. The van der Waals surface area contributed by atoms with E-state index in [-0.39, 0.29) is 23.6 Å². The van der Waals surface area contributed by atoms with Crippen molar-refractivity contribution < 1.29 is 17.9 Å². The van der Waals surface area contributed by atoms with Crippen LogP contribution < -0.4 is 14.4 Å². The first-order chi connectivity index (χ1) is 13.9. The lowest BCUT2D eigenvalue weighted by Gasteiger charge is -2.28. The molecule has 2 heterocycles. The summed E-state index contributed by atoms with van der Waals surface area (Å²) in [6, 6.07) is 12.7. The fourth-order valence-corrected chi connectivity index (χ4v) is 6.79. The maximum atomic E-state index is 12.2. The number of methoxy groups -OCH3 is 2. The molecule has 9 heteroatoms. The van der Waals surface area contributed by atoms with E-state index < -0.39 is 9.84 Å². The number of hydrogen-bond donors (Lipinski definition) is 0. The molecular formula is C20H21ClN2O4S2. The molecule has 0 aliphatic carbocycles. The number of fused-ring (bicyclic) bond motifs is 1. The lowest BCUT2D eigenvalue weighted by atomic mass is 10.1. The van der Waals surface area contributed by atoms with Crippen molar-refractivity contribution in [2.75, 3.05) is 30.6 Å². The fraction of sp³-hybridized carbons (Fsp3) is 0.350. The van der Waals surface area contributed by atoms with E-state index in [1.807, 2.05) is 47.4 Å². The highest BCUT2D eigenvalue weighted by Gasteiger charge is 2.47. The zero-order chi connectivity index (χ0) is 20.6. The molecule has 1 fully saturated rings. The van der Waals surface area contributed by atoms with Gasteiger partial charge in [0.25, 0.3) is 0 Å². The van der Waals surface area contributed by atoms with Gasteiger partial charge in [0, 0.05) is 16.8 Å². The summed E-state index contributed by atoms with van der Waals surface area (Å²) in [4.78, 5) is 6.76. The number of ether oxygens (including phenoxy) is 2. The van der Waals surface area contributed by atoms with Crippen molar-refractivity contribution in [2.24, 2.45) is 4.99 Å². The zero-order valence-corrected chi connectivity index (χ0v) is 18.4. The maximum Gasteiger partial charge on any atom is 0.164 e. The average Bonchev–Trinajstić information content (AvgIpc) is 3.16. The topological polar surface area (TPSA) is 68.2 Å². The summed E-state index contributed by atoms with van der Waals surface area (Å²) in [6.45, 7) is 0. The van der Waals surface area contributed by atoms with Crippen LogP contribution in [0.4, 0.5) is 5.69 Å². The number of nitrogens with zero attached hydrogens (tertiary/aromatic N) is 2. The van der Waals surface area contributed by atoms with Gasteiger partial charge in [-0.25, -0.2) is 8.42 Å². The molecule has 154 valence electrons. The van der Waals surface area contributed by atoms with Gasteiger partial charge in [0.2, 0.25) is 0 Å². The summed E-state index contributed by atoms with van der Waals surface area (Å²) in [5.41, 5.74) is 1.83. The average molecular weight is 453 g/mol. The first-order valence-electron chi connectivity index (χ1n) is 9.07. The Labute approximate surface area is 179 Å². The van der Waals surface area contributed by atoms with E-state index in [9.17, 15) is 8.42 Å². The Morgan fingerprint density at radius 1 is 1.17 bits per heavy atom. The molecule has 0 N–H and O–H groups in total. The third-order valence-electron chi connectivity index (χ3n) is 5.01. The summed E-state index contributed by atoms with van der Waals surface area (Å²) >= 11 is 7.66. The Morgan fingerprint density at radius 3 is 2.72 bits per heavy atom. The molecule has 0 radical (unpaired) electrons. The second-order valence-corrected chi connectivity index (χ2v) is 10.5. The number of aliphatic imine (C=N–C) groups is 1. The number of benzene rings is 2. The van der Waals surface area contributed by atoms with Gasteiger partial charge in [0.05, 0.1) is 43.5 Å². The molecule has 0 spiro atoms. The highest BCUT2D eigenvalue weighted by atomic mass is 35.5. The lowest BCUT2D eigenvalue weighted by Crippen LogP contribution is -2.39. The summed E-state index contributed by atoms with van der Waals surface area (Å²) in [5.74, 6) is 2.13. The SMILES string of the molecule is COc1ccc(OC)c(N2C(SCc3cccc(Cl)c3)=N[C@@H]3CS(=O)(=O)C[C@H]32)c1. The number of halogens is 1. The van der Waals surface area contributed by atoms with Crippen LogP contribution in [-0.4, -0.2) is 51.4 Å². The van der Waals surface area contributed by atoms with Gasteiger partial charge in [0.1, 0.15) is 11.5 Å². The minimum atomic E-state index is -3.13. The molecule has 0 unspecified atom stereocenters. The van der Waals surface area contributed by atoms with Crippen LogP contribution in [0.3, 0.4) is 0 Å². The molecule has 2 atom stereocenters. The Kier molecular flexibility index (Phi) is 5.68. The van der Waals surface area contributed by atoms with Gasteiger partial charge >= 0.3 is 0 Å². The van der Waals surface area contributed by atoms with Crippen molar-refractivity contribution in [3.05, 3.63) is 53.1 Å². The predicted molar refractivity (Wildman–Crippen MR) is 118 cm³/mol. The van der Waals surface area contributed by atoms with Crippen LogP contribution in [-0.2, 0) is 15.6 Å². The number of anilines is 1. The maximum absolute atomic E-state index is 12.2. The van der Waals surface area contributed by atoms with Crippen LogP contribution in [0.1, 0.15) is 5.56 Å². The van der Waals surface area contributed by atoms with Crippen molar-refractivity contribution in [3.63, 3.8) is 0 Å². The van der Waals surface area contributed by atoms with Crippen LogP contribution in [0.5, 0.6) is 11.5 Å². The Balaban J connectivity index is 1.69. The van der Waals surface area contributed by atoms with Crippen LogP contribution in [0.2, 0.25) is 5.02 Å². The van der Waals surface area contributed by atoms with Gasteiger partial charge in [-0.05, 0) is 29.8 Å². The summed E-state index contributed by atoms with van der Waals surface area (Å²) in [6.07, 6.45) is 0. The summed E-state index contributed by atoms with van der Waals surface area (Å²) < 4.78 is 35.4. The summed E-state index contributed by atoms with van der Waals surface area (Å²) in [7, 11) is 0.0706. The molecule has 0 saturated carbocycles. The van der Waals surface area contributed by atoms with Crippen LogP contribution >= 0.6 is 23.4 Å². The molecule has 1 saturated heterocycles. The third-order valence-corrected chi connectivity index (χ3v) is 7.98. The van der Waals surface area contributed by atoms with Crippen LogP contribution in [0, 0.1) is 0 Å². The van der Waals surface area contributed by atoms with Gasteiger partial charge in [-0.15, -0.1) is 0 Å². The molecule has 2 aromatic rings. The van der Waals surface area contributed by atoms with Crippen molar-refractivity contribution in [2.45, 2.75) is 17.8 Å². The largest absolute Gasteiger partial charge is 0.497 e. The van der Waals surface area contributed by atoms with E-state index in [4.69, 9.17) is 26.1 Å². The molecule has 29 heavy (non-hydrogen) atoms. The van der Waals surface area contributed by atoms with Crippen LogP contribution in [0.15, 0.2) is 47.5 Å². The number of hydrogen-bond acceptors (Lipinski definition) is 7. The van der Waals surface area contributed by atoms with E-state index in [0.717, 1.165) is 16.4 Å². The predicted octanol–water partition coefficient (Wildman–Crippen LogP) is 3.63. The van der Waals surface area contributed by atoms with Gasteiger partial charge in [-0.3, -0.25) is 4.99 Å². The normalized spacial score (nSPS) is 22.3. The van der Waals surface area contributed by atoms with Crippen molar-refractivity contribution in [3.8, 4) is 11.5 Å². The molecule has 4 rings (SSSR count). The smallest absolute Gasteiger partial charge is 0.164 e. The highest BCUT2D eigenvalue weighted by Crippen LogP contribution is 2.41. The number of thioether (sulfide) groups is 1. The number of rotatable bonds is 5. The molecule has 0 aromatic heterocycles. The zero-order valence-electron chi connectivity index (χ0n) is 16.0. The Bertz CT molecular complexity index is 1060. The molecule has 2 aliphatic heterocycles. The molecule has 6 nitrogen and oxygen atoms in total. The second-order valence-electron chi connectivity index (χ2n) is 6.95. The van der Waals surface area contributed by atoms with E-state index in [1.54, 1.807) is 26.0 Å². The number of amidine groups is 1. The third kappa shape index (κ3) is 4.20. The lowest BCUT2D eigenvalue weighted by molar-refractivity contribution is 0.403. The molecule has 0 amide bonds. The summed E-state index contributed by atoms with van der Waals surface area (Å²) in [5, 5.41) is 1.46. The first-order valence-corrected chi connectivity index (χ1v) is 12.3. The first kappa shape index (κ1) is 20.4. The van der Waals surface area contributed by atoms with Gasteiger partial charge in [-0.2, -0.15) is 0 Å². The van der Waals surface area contributed by atoms with Gasteiger partial charge in [-0.1, -0.05) is 35.5 Å². The van der Waals surface area contributed by atoms with Crippen molar-refractivity contribution in [1.82, 2.24) is 0 Å². The molecular weight excluding hydrogens is 432 g/mol. The van der Waals surface area contributed by atoms with E-state index >= 15 is 0 Å². The van der Waals surface area contributed by atoms with E-state index in [2.05, 4.69) is 0 Å². The van der Waals surface area contributed by atoms with E-state index in [1.165, 1.54) is 0 Å². The standard InChI is InChI=1S/C20H21ClN2O4S2/c1-26-15-6-7-19(27-2)17(9-15)23-18-12-29(24,25)11-16(18)22-20(23)28-10-13-4-3-5-14(21)8-13/h3-9,16,18H,10-12H2,1-2H3/t16-,18-/m1/s1. The Morgan fingerprint density at radius 2 is 2.00 bits per heavy atom. The van der Waals surface area contributed by atoms with Gasteiger partial charge < -0.3 is 14.4 Å². The van der Waals surface area contributed by atoms with Crippen molar-refractivity contribution in [1.29, 1.82) is 0 Å². The molecule has 2 aliphatic rings. The Hall–Kier alpha value is -1.90. The minimum Gasteiger partial charge on any atom is -0.497 e.